The van der Waals surface area contributed by atoms with Gasteiger partial charge in [-0.3, -0.25) is 9.59 Å². The van der Waals surface area contributed by atoms with E-state index in [0.29, 0.717) is 48.9 Å². The maximum atomic E-state index is 14.5. The molecule has 2 heterocycles. The van der Waals surface area contributed by atoms with Crippen molar-refractivity contribution in [1.82, 2.24) is 5.32 Å². The highest BCUT2D eigenvalue weighted by molar-refractivity contribution is 9.10. The molecule has 3 atom stereocenters. The summed E-state index contributed by atoms with van der Waals surface area (Å²) in [6.07, 6.45) is -0.0470. The van der Waals surface area contributed by atoms with Crippen LogP contribution in [-0.2, 0) is 19.7 Å². The Morgan fingerprint density at radius 1 is 1.02 bits per heavy atom. The number of halogens is 3. The van der Waals surface area contributed by atoms with Crippen LogP contribution in [-0.4, -0.2) is 24.9 Å². The lowest BCUT2D eigenvalue weighted by atomic mass is 9.59. The third-order valence-electron chi connectivity index (χ3n) is 7.79. The van der Waals surface area contributed by atoms with Crippen molar-refractivity contribution in [2.24, 2.45) is 0 Å². The average Bonchev–Trinajstić information content (AvgIpc) is 3.25. The standard InChI is InChI=1S/C32H23BrClFN2O5/c1-41-30(39)17-5-9-22(10-6-17)42-27-12-7-19(33)14-23(27)29-32(24-11-8-20(34)15-26(24)36-31(32)40)25(16-28(38)37-29)18-3-2-4-21(35)13-18/h2-15,25,29H,16H2,1H3,(H,36,40)(H,37,38)/t25-,29+,32-/m1/s1. The van der Waals surface area contributed by atoms with E-state index in [1.807, 2.05) is 0 Å². The minimum atomic E-state index is -1.38. The zero-order valence-corrected chi connectivity index (χ0v) is 24.5. The summed E-state index contributed by atoms with van der Waals surface area (Å²) < 4.78 is 26.3. The van der Waals surface area contributed by atoms with E-state index >= 15 is 0 Å². The van der Waals surface area contributed by atoms with Crippen LogP contribution in [0.5, 0.6) is 11.5 Å². The van der Waals surface area contributed by atoms with Gasteiger partial charge in [0.1, 0.15) is 22.7 Å². The first-order valence-electron chi connectivity index (χ1n) is 13.0. The molecule has 6 rings (SSSR count). The van der Waals surface area contributed by atoms with E-state index in [1.54, 1.807) is 72.8 Å². The van der Waals surface area contributed by atoms with Gasteiger partial charge in [0, 0.05) is 33.1 Å². The van der Waals surface area contributed by atoms with Crippen LogP contribution in [0.3, 0.4) is 0 Å². The van der Waals surface area contributed by atoms with Crippen LogP contribution >= 0.6 is 27.5 Å². The lowest BCUT2D eigenvalue weighted by Crippen LogP contribution is -2.56. The van der Waals surface area contributed by atoms with Crippen molar-refractivity contribution in [2.45, 2.75) is 23.8 Å². The van der Waals surface area contributed by atoms with Gasteiger partial charge in [-0.1, -0.05) is 45.7 Å². The first kappa shape index (κ1) is 27.9. The number of carbonyl (C=O) groups is 3. The second-order valence-corrected chi connectivity index (χ2v) is 11.5. The molecule has 1 spiro atoms. The average molecular weight is 650 g/mol. The van der Waals surface area contributed by atoms with Crippen molar-refractivity contribution in [3.63, 3.8) is 0 Å². The largest absolute Gasteiger partial charge is 0.465 e. The Morgan fingerprint density at radius 2 is 1.81 bits per heavy atom. The van der Waals surface area contributed by atoms with Crippen molar-refractivity contribution in [2.75, 3.05) is 12.4 Å². The Kier molecular flexibility index (Phi) is 7.24. The summed E-state index contributed by atoms with van der Waals surface area (Å²) in [5.41, 5.74) is 1.16. The van der Waals surface area contributed by atoms with Crippen molar-refractivity contribution >= 4 is 51.0 Å². The molecule has 1 fully saturated rings. The minimum Gasteiger partial charge on any atom is -0.465 e. The lowest BCUT2D eigenvalue weighted by Gasteiger charge is -2.46. The van der Waals surface area contributed by atoms with Crippen molar-refractivity contribution in [3.05, 3.63) is 122 Å². The summed E-state index contributed by atoms with van der Waals surface area (Å²) in [5, 5.41) is 6.47. The molecule has 0 radical (unpaired) electrons. The molecule has 0 saturated carbocycles. The van der Waals surface area contributed by atoms with E-state index in [1.165, 1.54) is 19.2 Å². The van der Waals surface area contributed by atoms with E-state index in [2.05, 4.69) is 26.6 Å². The molecule has 2 N–H and O–H groups in total. The fourth-order valence-corrected chi connectivity index (χ4v) is 6.56. The van der Waals surface area contributed by atoms with Crippen LogP contribution in [0, 0.1) is 5.82 Å². The molecule has 212 valence electrons. The summed E-state index contributed by atoms with van der Waals surface area (Å²) in [7, 11) is 1.30. The number of rotatable bonds is 5. The zero-order valence-electron chi connectivity index (χ0n) is 22.1. The first-order valence-corrected chi connectivity index (χ1v) is 14.2. The molecule has 0 aromatic heterocycles. The lowest BCUT2D eigenvalue weighted by molar-refractivity contribution is -0.131. The second kappa shape index (κ2) is 10.9. The number of carbonyl (C=O) groups excluding carboxylic acids is 3. The summed E-state index contributed by atoms with van der Waals surface area (Å²) >= 11 is 9.83. The van der Waals surface area contributed by atoms with Crippen molar-refractivity contribution in [3.8, 4) is 11.5 Å². The van der Waals surface area contributed by atoms with Gasteiger partial charge in [-0.2, -0.15) is 0 Å². The molecule has 10 heteroatoms. The summed E-state index contributed by atoms with van der Waals surface area (Å²) in [6.45, 7) is 0. The number of hydrogen-bond acceptors (Lipinski definition) is 5. The third kappa shape index (κ3) is 4.72. The fraction of sp³-hybridized carbons (Fsp3) is 0.156. The smallest absolute Gasteiger partial charge is 0.337 e. The van der Waals surface area contributed by atoms with E-state index in [-0.39, 0.29) is 18.2 Å². The maximum Gasteiger partial charge on any atom is 0.337 e. The fourth-order valence-electron chi connectivity index (χ4n) is 6.01. The number of benzene rings is 4. The number of fused-ring (bicyclic) bond motifs is 2. The summed E-state index contributed by atoms with van der Waals surface area (Å²) in [6, 6.07) is 21.9. The van der Waals surface area contributed by atoms with E-state index < -0.39 is 29.2 Å². The van der Waals surface area contributed by atoms with Crippen LogP contribution in [0.4, 0.5) is 10.1 Å². The van der Waals surface area contributed by atoms with Crippen LogP contribution in [0.25, 0.3) is 0 Å². The molecular formula is C32H23BrClFN2O5. The SMILES string of the molecule is COC(=O)c1ccc(Oc2ccc(Br)cc2[C@@H]2NC(=O)C[C@H](c3cccc(F)c3)[C@@]23C(=O)Nc2cc(Cl)ccc23)cc1. The van der Waals surface area contributed by atoms with Gasteiger partial charge in [0.25, 0.3) is 0 Å². The molecular weight excluding hydrogens is 627 g/mol. The molecule has 4 aromatic rings. The Bertz CT molecular complexity index is 1750. The predicted molar refractivity (Wildman–Crippen MR) is 158 cm³/mol. The predicted octanol–water partition coefficient (Wildman–Crippen LogP) is 7.06. The Morgan fingerprint density at radius 3 is 2.55 bits per heavy atom. The van der Waals surface area contributed by atoms with Gasteiger partial charge < -0.3 is 20.1 Å². The van der Waals surface area contributed by atoms with Gasteiger partial charge in [-0.25, -0.2) is 9.18 Å². The number of methoxy groups -OCH3 is 1. The minimum absolute atomic E-state index is 0.0470. The number of piperidine rings is 1. The highest BCUT2D eigenvalue weighted by Crippen LogP contribution is 2.58. The molecule has 0 bridgehead atoms. The monoisotopic (exact) mass is 648 g/mol. The van der Waals surface area contributed by atoms with E-state index in [4.69, 9.17) is 21.1 Å². The van der Waals surface area contributed by atoms with Gasteiger partial charge in [0.05, 0.1) is 18.7 Å². The Balaban J connectivity index is 1.54. The molecule has 0 unspecified atom stereocenters. The number of amides is 2. The summed E-state index contributed by atoms with van der Waals surface area (Å²) in [4.78, 5) is 39.5. The van der Waals surface area contributed by atoms with Gasteiger partial charge >= 0.3 is 5.97 Å². The third-order valence-corrected chi connectivity index (χ3v) is 8.52. The molecule has 7 nitrogen and oxygen atoms in total. The molecule has 0 aliphatic carbocycles. The number of ether oxygens (including phenoxy) is 2. The van der Waals surface area contributed by atoms with Gasteiger partial charge in [-0.15, -0.1) is 0 Å². The highest BCUT2D eigenvalue weighted by atomic mass is 79.9. The molecule has 4 aromatic carbocycles. The first-order chi connectivity index (χ1) is 20.2. The molecule has 1 saturated heterocycles. The molecule has 2 aliphatic heterocycles. The van der Waals surface area contributed by atoms with Crippen LogP contribution in [0.15, 0.2) is 89.4 Å². The molecule has 2 aliphatic rings. The number of hydrogen-bond donors (Lipinski definition) is 2. The van der Waals surface area contributed by atoms with E-state index in [9.17, 15) is 18.8 Å². The molecule has 2 amide bonds. The van der Waals surface area contributed by atoms with Crippen LogP contribution in [0.1, 0.15) is 45.4 Å². The maximum absolute atomic E-state index is 14.5. The number of esters is 1. The number of anilines is 1. The quantitative estimate of drug-likeness (QED) is 0.226. The zero-order chi connectivity index (χ0) is 29.6. The highest BCUT2D eigenvalue weighted by Gasteiger charge is 2.61. The van der Waals surface area contributed by atoms with Gasteiger partial charge in [-0.05, 0) is 77.9 Å². The van der Waals surface area contributed by atoms with E-state index in [0.717, 1.165) is 0 Å². The number of nitrogens with one attached hydrogen (secondary N) is 2. The Hall–Kier alpha value is -4.21. The second-order valence-electron chi connectivity index (χ2n) is 10.1. The normalized spacial score (nSPS) is 21.0. The Labute approximate surface area is 254 Å². The van der Waals surface area contributed by atoms with Gasteiger partial charge in [0.15, 0.2) is 0 Å². The van der Waals surface area contributed by atoms with Crippen molar-refractivity contribution in [1.29, 1.82) is 0 Å². The molecule has 42 heavy (non-hydrogen) atoms. The van der Waals surface area contributed by atoms with Crippen LogP contribution < -0.4 is 15.4 Å². The topological polar surface area (TPSA) is 93.7 Å². The van der Waals surface area contributed by atoms with Gasteiger partial charge in [0.2, 0.25) is 11.8 Å². The van der Waals surface area contributed by atoms with Crippen LogP contribution in [0.2, 0.25) is 5.02 Å². The summed E-state index contributed by atoms with van der Waals surface area (Å²) in [5.74, 6) is -1.53. The van der Waals surface area contributed by atoms with Crippen molar-refractivity contribution < 1.29 is 28.2 Å².